The number of aliphatic hydroxyl groups excluding tert-OH is 1. The van der Waals surface area contributed by atoms with E-state index >= 15 is 0 Å². The zero-order chi connectivity index (χ0) is 11.7. The van der Waals surface area contributed by atoms with Crippen molar-refractivity contribution in [2.24, 2.45) is 5.92 Å². The van der Waals surface area contributed by atoms with Gasteiger partial charge in [-0.2, -0.15) is 0 Å². The molecule has 1 unspecified atom stereocenters. The standard InChI is InChI=1S/C14H18O3/c15-12(11-3-4-11)5-1-10-2-6-13-14(9-10)17-8-7-16-13/h2,6,9,11-12,15H,1,3-5,7-8H2. The van der Waals surface area contributed by atoms with Crippen LogP contribution in [0, 0.1) is 5.92 Å². The minimum absolute atomic E-state index is 0.122. The lowest BCUT2D eigenvalue weighted by Crippen LogP contribution is -2.15. The van der Waals surface area contributed by atoms with Gasteiger partial charge in [-0.25, -0.2) is 0 Å². The zero-order valence-electron chi connectivity index (χ0n) is 9.89. The van der Waals surface area contributed by atoms with E-state index in [9.17, 15) is 5.11 Å². The normalized spacial score (nSPS) is 20.1. The van der Waals surface area contributed by atoms with Crippen LogP contribution in [0.3, 0.4) is 0 Å². The molecule has 3 heteroatoms. The summed E-state index contributed by atoms with van der Waals surface area (Å²) in [6.45, 7) is 1.26. The zero-order valence-corrected chi connectivity index (χ0v) is 9.89. The molecule has 1 aromatic rings. The van der Waals surface area contributed by atoms with Gasteiger partial charge in [0.1, 0.15) is 13.2 Å². The maximum absolute atomic E-state index is 9.83. The molecule has 1 N–H and O–H groups in total. The molecule has 2 aliphatic rings. The van der Waals surface area contributed by atoms with Gasteiger partial charge in [0.15, 0.2) is 11.5 Å². The van der Waals surface area contributed by atoms with Crippen molar-refractivity contribution >= 4 is 0 Å². The first-order valence-corrected chi connectivity index (χ1v) is 6.39. The van der Waals surface area contributed by atoms with Crippen LogP contribution >= 0.6 is 0 Å². The molecule has 92 valence electrons. The van der Waals surface area contributed by atoms with Crippen LogP contribution in [0.15, 0.2) is 18.2 Å². The van der Waals surface area contributed by atoms with E-state index < -0.39 is 0 Å². The van der Waals surface area contributed by atoms with Gasteiger partial charge in [-0.3, -0.25) is 0 Å². The largest absolute Gasteiger partial charge is 0.486 e. The molecule has 0 radical (unpaired) electrons. The highest BCUT2D eigenvalue weighted by molar-refractivity contribution is 5.43. The molecule has 17 heavy (non-hydrogen) atoms. The first-order valence-electron chi connectivity index (χ1n) is 6.39. The quantitative estimate of drug-likeness (QED) is 0.867. The van der Waals surface area contributed by atoms with Crippen LogP contribution in [0.2, 0.25) is 0 Å². The summed E-state index contributed by atoms with van der Waals surface area (Å²) in [4.78, 5) is 0. The van der Waals surface area contributed by atoms with Crippen molar-refractivity contribution in [1.29, 1.82) is 0 Å². The molecule has 1 saturated carbocycles. The molecular formula is C14H18O3. The first-order chi connectivity index (χ1) is 8.33. The van der Waals surface area contributed by atoms with E-state index in [4.69, 9.17) is 9.47 Å². The van der Waals surface area contributed by atoms with Crippen LogP contribution in [-0.4, -0.2) is 24.4 Å². The maximum Gasteiger partial charge on any atom is 0.161 e. The van der Waals surface area contributed by atoms with Crippen LogP contribution in [0.5, 0.6) is 11.5 Å². The van der Waals surface area contributed by atoms with Gasteiger partial charge in [-0.15, -0.1) is 0 Å². The number of benzene rings is 1. The highest BCUT2D eigenvalue weighted by atomic mass is 16.6. The predicted octanol–water partition coefficient (Wildman–Crippen LogP) is 2.16. The topological polar surface area (TPSA) is 38.7 Å². The maximum atomic E-state index is 9.83. The molecule has 0 amide bonds. The van der Waals surface area contributed by atoms with E-state index in [0.29, 0.717) is 19.1 Å². The minimum Gasteiger partial charge on any atom is -0.486 e. The molecule has 0 spiro atoms. The summed E-state index contributed by atoms with van der Waals surface area (Å²) < 4.78 is 11.0. The van der Waals surface area contributed by atoms with Crippen molar-refractivity contribution in [3.63, 3.8) is 0 Å². The summed E-state index contributed by atoms with van der Waals surface area (Å²) in [6.07, 6.45) is 4.03. The smallest absolute Gasteiger partial charge is 0.161 e. The van der Waals surface area contributed by atoms with E-state index in [2.05, 4.69) is 6.07 Å². The van der Waals surface area contributed by atoms with E-state index in [0.717, 1.165) is 24.3 Å². The number of aliphatic hydroxyl groups is 1. The fourth-order valence-corrected chi connectivity index (χ4v) is 2.27. The average Bonchev–Trinajstić information content (AvgIpc) is 3.20. The monoisotopic (exact) mass is 234 g/mol. The summed E-state index contributed by atoms with van der Waals surface area (Å²) in [5.41, 5.74) is 1.22. The summed E-state index contributed by atoms with van der Waals surface area (Å²) in [5, 5.41) is 9.83. The van der Waals surface area contributed by atoms with Gasteiger partial charge < -0.3 is 14.6 Å². The van der Waals surface area contributed by atoms with Gasteiger partial charge in [-0.05, 0) is 49.3 Å². The molecule has 1 aliphatic carbocycles. The van der Waals surface area contributed by atoms with Gasteiger partial charge in [0, 0.05) is 0 Å². The van der Waals surface area contributed by atoms with Crippen molar-refractivity contribution < 1.29 is 14.6 Å². The molecule has 1 heterocycles. The third-order valence-corrected chi connectivity index (χ3v) is 3.50. The van der Waals surface area contributed by atoms with E-state index in [1.165, 1.54) is 18.4 Å². The van der Waals surface area contributed by atoms with E-state index in [1.54, 1.807) is 0 Å². The Balaban J connectivity index is 1.62. The fourth-order valence-electron chi connectivity index (χ4n) is 2.27. The highest BCUT2D eigenvalue weighted by Gasteiger charge is 2.29. The second kappa shape index (κ2) is 4.57. The number of aryl methyl sites for hydroxylation is 1. The SMILES string of the molecule is OC(CCc1ccc2c(c1)OCCO2)C1CC1. The van der Waals surface area contributed by atoms with Crippen LogP contribution in [-0.2, 0) is 6.42 Å². The molecule has 0 bridgehead atoms. The number of fused-ring (bicyclic) bond motifs is 1. The van der Waals surface area contributed by atoms with Crippen LogP contribution in [0.4, 0.5) is 0 Å². The van der Waals surface area contributed by atoms with Crippen LogP contribution in [0.25, 0.3) is 0 Å². The van der Waals surface area contributed by atoms with Gasteiger partial charge in [0.25, 0.3) is 0 Å². The third-order valence-electron chi connectivity index (χ3n) is 3.50. The molecule has 0 aromatic heterocycles. The molecule has 1 fully saturated rings. The van der Waals surface area contributed by atoms with Crippen molar-refractivity contribution in [3.05, 3.63) is 23.8 Å². The Hall–Kier alpha value is -1.22. The lowest BCUT2D eigenvalue weighted by Gasteiger charge is -2.19. The minimum atomic E-state index is -0.122. The van der Waals surface area contributed by atoms with Crippen molar-refractivity contribution in [1.82, 2.24) is 0 Å². The average molecular weight is 234 g/mol. The summed E-state index contributed by atoms with van der Waals surface area (Å²) >= 11 is 0. The second-order valence-electron chi connectivity index (χ2n) is 4.92. The summed E-state index contributed by atoms with van der Waals surface area (Å²) in [7, 11) is 0. The number of hydrogen-bond donors (Lipinski definition) is 1. The number of ether oxygens (including phenoxy) is 2. The van der Waals surface area contributed by atoms with Gasteiger partial charge in [0.2, 0.25) is 0 Å². The Bertz CT molecular complexity index is 398. The molecular weight excluding hydrogens is 216 g/mol. The van der Waals surface area contributed by atoms with Crippen molar-refractivity contribution in [2.45, 2.75) is 31.8 Å². The fraction of sp³-hybridized carbons (Fsp3) is 0.571. The van der Waals surface area contributed by atoms with Crippen molar-refractivity contribution in [3.8, 4) is 11.5 Å². The molecule has 0 saturated heterocycles. The Morgan fingerprint density at radius 3 is 2.71 bits per heavy atom. The van der Waals surface area contributed by atoms with Crippen LogP contribution in [0.1, 0.15) is 24.8 Å². The van der Waals surface area contributed by atoms with Crippen LogP contribution < -0.4 is 9.47 Å². The number of rotatable bonds is 4. The summed E-state index contributed by atoms with van der Waals surface area (Å²) in [6, 6.07) is 6.06. The van der Waals surface area contributed by atoms with Crippen molar-refractivity contribution in [2.75, 3.05) is 13.2 Å². The van der Waals surface area contributed by atoms with Gasteiger partial charge >= 0.3 is 0 Å². The Labute approximate surface area is 101 Å². The lowest BCUT2D eigenvalue weighted by molar-refractivity contribution is 0.141. The lowest BCUT2D eigenvalue weighted by atomic mass is 10.0. The molecule has 3 rings (SSSR count). The molecule has 1 aromatic carbocycles. The second-order valence-corrected chi connectivity index (χ2v) is 4.92. The Kier molecular flexibility index (Phi) is 2.93. The Morgan fingerprint density at radius 2 is 1.94 bits per heavy atom. The van der Waals surface area contributed by atoms with Gasteiger partial charge in [-0.1, -0.05) is 6.07 Å². The van der Waals surface area contributed by atoms with E-state index in [1.807, 2.05) is 12.1 Å². The Morgan fingerprint density at radius 1 is 1.18 bits per heavy atom. The molecule has 1 aliphatic heterocycles. The van der Waals surface area contributed by atoms with E-state index in [-0.39, 0.29) is 6.10 Å². The molecule has 3 nitrogen and oxygen atoms in total. The molecule has 1 atom stereocenters. The third kappa shape index (κ3) is 2.55. The first kappa shape index (κ1) is 10.9. The summed E-state index contributed by atoms with van der Waals surface area (Å²) in [5.74, 6) is 2.24. The van der Waals surface area contributed by atoms with Gasteiger partial charge in [0.05, 0.1) is 6.10 Å². The predicted molar refractivity (Wildman–Crippen MR) is 64.5 cm³/mol. The highest BCUT2D eigenvalue weighted by Crippen LogP contribution is 2.35. The number of hydrogen-bond acceptors (Lipinski definition) is 3.